The van der Waals surface area contributed by atoms with E-state index in [0.29, 0.717) is 12.8 Å². The summed E-state index contributed by atoms with van der Waals surface area (Å²) in [5.74, 6) is -0.00541. The Bertz CT molecular complexity index is 551. The average molecular weight is 289 g/mol. The number of carbonyl (C=O) groups excluding carboxylic acids is 1. The summed E-state index contributed by atoms with van der Waals surface area (Å²) < 4.78 is 0. The van der Waals surface area contributed by atoms with Crippen LogP contribution in [0.5, 0.6) is 0 Å². The van der Waals surface area contributed by atoms with Crippen LogP contribution in [0.25, 0.3) is 0 Å². The number of aliphatic hydroxyl groups is 1. The molecule has 1 atom stereocenters. The highest BCUT2D eigenvalue weighted by molar-refractivity contribution is 7.12. The molecule has 1 amide bonds. The van der Waals surface area contributed by atoms with Gasteiger partial charge in [-0.25, -0.2) is 0 Å². The van der Waals surface area contributed by atoms with E-state index < -0.39 is 0 Å². The third kappa shape index (κ3) is 4.18. The van der Waals surface area contributed by atoms with Gasteiger partial charge in [-0.2, -0.15) is 0 Å². The topological polar surface area (TPSA) is 49.3 Å². The highest BCUT2D eigenvalue weighted by Gasteiger charge is 2.14. The summed E-state index contributed by atoms with van der Waals surface area (Å²) in [7, 11) is 0. The Morgan fingerprint density at radius 2 is 2.00 bits per heavy atom. The molecule has 0 saturated carbocycles. The van der Waals surface area contributed by atoms with Crippen molar-refractivity contribution in [3.05, 3.63) is 57.8 Å². The third-order valence-electron chi connectivity index (χ3n) is 3.09. The van der Waals surface area contributed by atoms with E-state index in [1.807, 2.05) is 49.4 Å². The van der Waals surface area contributed by atoms with Crippen molar-refractivity contribution in [2.45, 2.75) is 25.8 Å². The van der Waals surface area contributed by atoms with Crippen molar-refractivity contribution in [1.29, 1.82) is 0 Å². The zero-order valence-electron chi connectivity index (χ0n) is 11.5. The summed E-state index contributed by atoms with van der Waals surface area (Å²) in [6, 6.07) is 13.6. The first-order valence-electron chi connectivity index (χ1n) is 6.69. The second-order valence-electron chi connectivity index (χ2n) is 4.73. The van der Waals surface area contributed by atoms with Gasteiger partial charge in [0.1, 0.15) is 0 Å². The SMILES string of the molecule is Cc1ccc(CC(=O)NC(CCO)c2ccccc2)s1. The van der Waals surface area contributed by atoms with E-state index in [9.17, 15) is 4.79 Å². The van der Waals surface area contributed by atoms with Gasteiger partial charge in [0.15, 0.2) is 0 Å². The fourth-order valence-corrected chi connectivity index (χ4v) is 3.01. The van der Waals surface area contributed by atoms with Gasteiger partial charge >= 0.3 is 0 Å². The molecule has 4 heteroatoms. The van der Waals surface area contributed by atoms with Gasteiger partial charge in [-0.05, 0) is 31.0 Å². The molecule has 2 rings (SSSR count). The lowest BCUT2D eigenvalue weighted by molar-refractivity contribution is -0.121. The quantitative estimate of drug-likeness (QED) is 0.859. The Labute approximate surface area is 123 Å². The van der Waals surface area contributed by atoms with Crippen LogP contribution < -0.4 is 5.32 Å². The first-order chi connectivity index (χ1) is 9.69. The fraction of sp³-hybridized carbons (Fsp3) is 0.312. The standard InChI is InChI=1S/C16H19NO2S/c1-12-7-8-14(20-12)11-16(19)17-15(9-10-18)13-5-3-2-4-6-13/h2-8,15,18H,9-11H2,1H3,(H,17,19). The van der Waals surface area contributed by atoms with Gasteiger partial charge in [0.25, 0.3) is 0 Å². The normalized spacial score (nSPS) is 12.1. The molecule has 1 unspecified atom stereocenters. The lowest BCUT2D eigenvalue weighted by atomic mass is 10.0. The molecule has 1 aromatic heterocycles. The molecular weight excluding hydrogens is 270 g/mol. The van der Waals surface area contributed by atoms with E-state index in [0.717, 1.165) is 10.4 Å². The summed E-state index contributed by atoms with van der Waals surface area (Å²) in [6.07, 6.45) is 0.923. The maximum absolute atomic E-state index is 12.1. The van der Waals surface area contributed by atoms with Crippen LogP contribution >= 0.6 is 11.3 Å². The van der Waals surface area contributed by atoms with Gasteiger partial charge in [0.2, 0.25) is 5.91 Å². The second-order valence-corrected chi connectivity index (χ2v) is 6.10. The number of hydrogen-bond donors (Lipinski definition) is 2. The van der Waals surface area contributed by atoms with E-state index in [1.54, 1.807) is 11.3 Å². The maximum atomic E-state index is 12.1. The Morgan fingerprint density at radius 1 is 1.25 bits per heavy atom. The number of thiophene rings is 1. The van der Waals surface area contributed by atoms with Gasteiger partial charge < -0.3 is 10.4 Å². The van der Waals surface area contributed by atoms with Crippen LogP contribution in [0.1, 0.15) is 27.8 Å². The minimum Gasteiger partial charge on any atom is -0.396 e. The number of amides is 1. The van der Waals surface area contributed by atoms with E-state index in [1.165, 1.54) is 4.88 Å². The first kappa shape index (κ1) is 14.8. The number of aryl methyl sites for hydroxylation is 1. The van der Waals surface area contributed by atoms with Crippen molar-refractivity contribution in [2.75, 3.05) is 6.61 Å². The molecule has 0 radical (unpaired) electrons. The molecule has 1 heterocycles. The number of benzene rings is 1. The molecule has 0 aliphatic carbocycles. The first-order valence-corrected chi connectivity index (χ1v) is 7.51. The summed E-state index contributed by atoms with van der Waals surface area (Å²) >= 11 is 1.64. The van der Waals surface area contributed by atoms with Crippen LogP contribution in [0.4, 0.5) is 0 Å². The number of hydrogen-bond acceptors (Lipinski definition) is 3. The zero-order valence-corrected chi connectivity index (χ0v) is 12.3. The van der Waals surface area contributed by atoms with Gasteiger partial charge in [-0.15, -0.1) is 11.3 Å². The average Bonchev–Trinajstić information content (AvgIpc) is 2.84. The molecule has 106 valence electrons. The second kappa shape index (κ2) is 7.22. The highest BCUT2D eigenvalue weighted by atomic mass is 32.1. The number of rotatable bonds is 6. The zero-order chi connectivity index (χ0) is 14.4. The maximum Gasteiger partial charge on any atom is 0.225 e. The van der Waals surface area contributed by atoms with Crippen molar-refractivity contribution in [3.8, 4) is 0 Å². The Balaban J connectivity index is 1.99. The van der Waals surface area contributed by atoms with Gasteiger partial charge in [-0.1, -0.05) is 30.3 Å². The number of carbonyl (C=O) groups is 1. The molecule has 3 nitrogen and oxygen atoms in total. The summed E-state index contributed by atoms with van der Waals surface area (Å²) in [4.78, 5) is 14.4. The van der Waals surface area contributed by atoms with Crippen LogP contribution in [-0.4, -0.2) is 17.6 Å². The summed E-state index contributed by atoms with van der Waals surface area (Å²) in [6.45, 7) is 2.09. The molecular formula is C16H19NO2S. The predicted octanol–water partition coefficient (Wildman–Crippen LogP) is 2.84. The van der Waals surface area contributed by atoms with Crippen molar-refractivity contribution < 1.29 is 9.90 Å². The molecule has 0 aliphatic rings. The van der Waals surface area contributed by atoms with Gasteiger partial charge in [0, 0.05) is 16.4 Å². The molecule has 0 saturated heterocycles. The van der Waals surface area contributed by atoms with Crippen molar-refractivity contribution >= 4 is 17.2 Å². The number of nitrogens with one attached hydrogen (secondary N) is 1. The van der Waals surface area contributed by atoms with E-state index in [4.69, 9.17) is 5.11 Å². The van der Waals surface area contributed by atoms with Crippen molar-refractivity contribution in [1.82, 2.24) is 5.32 Å². The van der Waals surface area contributed by atoms with E-state index in [2.05, 4.69) is 5.32 Å². The highest BCUT2D eigenvalue weighted by Crippen LogP contribution is 2.18. The van der Waals surface area contributed by atoms with Crippen LogP contribution in [0.15, 0.2) is 42.5 Å². The lowest BCUT2D eigenvalue weighted by Crippen LogP contribution is -2.30. The van der Waals surface area contributed by atoms with E-state index >= 15 is 0 Å². The third-order valence-corrected chi connectivity index (χ3v) is 4.09. The van der Waals surface area contributed by atoms with Crippen molar-refractivity contribution in [2.24, 2.45) is 0 Å². The fourth-order valence-electron chi connectivity index (χ4n) is 2.12. The van der Waals surface area contributed by atoms with Crippen LogP contribution in [0.2, 0.25) is 0 Å². The van der Waals surface area contributed by atoms with Gasteiger partial charge in [-0.3, -0.25) is 4.79 Å². The minimum absolute atomic E-state index is 0.00541. The Kier molecular flexibility index (Phi) is 5.32. The molecule has 0 spiro atoms. The molecule has 0 bridgehead atoms. The van der Waals surface area contributed by atoms with Gasteiger partial charge in [0.05, 0.1) is 12.5 Å². The van der Waals surface area contributed by atoms with Crippen LogP contribution in [-0.2, 0) is 11.2 Å². The Hall–Kier alpha value is -1.65. The molecule has 20 heavy (non-hydrogen) atoms. The molecule has 0 fully saturated rings. The Morgan fingerprint density at radius 3 is 2.60 bits per heavy atom. The number of aliphatic hydroxyl groups excluding tert-OH is 1. The predicted molar refractivity (Wildman–Crippen MR) is 81.8 cm³/mol. The smallest absolute Gasteiger partial charge is 0.225 e. The summed E-state index contributed by atoms with van der Waals surface area (Å²) in [5, 5.41) is 12.2. The van der Waals surface area contributed by atoms with Crippen molar-refractivity contribution in [3.63, 3.8) is 0 Å². The van der Waals surface area contributed by atoms with Crippen LogP contribution in [0.3, 0.4) is 0 Å². The molecule has 2 aromatic rings. The monoisotopic (exact) mass is 289 g/mol. The largest absolute Gasteiger partial charge is 0.396 e. The lowest BCUT2D eigenvalue weighted by Gasteiger charge is -2.18. The summed E-state index contributed by atoms with van der Waals surface area (Å²) in [5.41, 5.74) is 1.03. The minimum atomic E-state index is -0.130. The molecule has 2 N–H and O–H groups in total. The van der Waals surface area contributed by atoms with E-state index in [-0.39, 0.29) is 18.6 Å². The molecule has 0 aliphatic heterocycles. The molecule has 1 aromatic carbocycles. The van der Waals surface area contributed by atoms with Crippen LogP contribution in [0, 0.1) is 6.92 Å².